The lowest BCUT2D eigenvalue weighted by molar-refractivity contribution is -0.120. The largest absolute Gasteiger partial charge is 0.507 e. The third-order valence-electron chi connectivity index (χ3n) is 3.36. The van der Waals surface area contributed by atoms with Crippen molar-refractivity contribution in [2.45, 2.75) is 6.42 Å². The maximum atomic E-state index is 11.8. The van der Waals surface area contributed by atoms with E-state index in [1.54, 1.807) is 12.1 Å². The van der Waals surface area contributed by atoms with Gasteiger partial charge in [-0.05, 0) is 41.8 Å². The van der Waals surface area contributed by atoms with Gasteiger partial charge in [-0.2, -0.15) is 15.3 Å². The van der Waals surface area contributed by atoms with Crippen LogP contribution >= 0.6 is 11.3 Å². The van der Waals surface area contributed by atoms with Crippen LogP contribution in [0, 0.1) is 0 Å². The van der Waals surface area contributed by atoms with Gasteiger partial charge in [-0.1, -0.05) is 24.3 Å². The number of azo groups is 1. The molecule has 3 rings (SSSR count). The van der Waals surface area contributed by atoms with Gasteiger partial charge in [0.2, 0.25) is 5.91 Å². The fourth-order valence-corrected chi connectivity index (χ4v) is 2.81. The number of thiophene rings is 1. The van der Waals surface area contributed by atoms with Crippen LogP contribution in [-0.4, -0.2) is 17.2 Å². The van der Waals surface area contributed by atoms with E-state index in [0.29, 0.717) is 11.3 Å². The van der Waals surface area contributed by atoms with E-state index in [9.17, 15) is 9.90 Å². The molecule has 2 aromatic carbocycles. The van der Waals surface area contributed by atoms with Crippen molar-refractivity contribution in [1.82, 2.24) is 5.43 Å². The van der Waals surface area contributed by atoms with Gasteiger partial charge in [-0.15, -0.1) is 11.3 Å². The van der Waals surface area contributed by atoms with Gasteiger partial charge in [-0.3, -0.25) is 4.79 Å². The first-order valence-electron chi connectivity index (χ1n) is 7.85. The number of phenols is 1. The van der Waals surface area contributed by atoms with E-state index in [1.807, 2.05) is 47.8 Å². The maximum Gasteiger partial charge on any atom is 0.245 e. The minimum Gasteiger partial charge on any atom is -0.507 e. The monoisotopic (exact) mass is 364 g/mol. The van der Waals surface area contributed by atoms with Crippen LogP contribution in [-0.2, 0) is 11.2 Å². The smallest absolute Gasteiger partial charge is 0.245 e. The first-order valence-corrected chi connectivity index (χ1v) is 8.73. The molecule has 3 aromatic rings. The molecule has 1 heterocycles. The van der Waals surface area contributed by atoms with Crippen LogP contribution in [0.2, 0.25) is 0 Å². The molecule has 26 heavy (non-hydrogen) atoms. The number of phenolic OH excluding ortho intramolecular Hbond substituents is 1. The van der Waals surface area contributed by atoms with Crippen LogP contribution in [0.4, 0.5) is 11.4 Å². The molecule has 7 heteroatoms. The van der Waals surface area contributed by atoms with E-state index < -0.39 is 0 Å². The van der Waals surface area contributed by atoms with Crippen molar-refractivity contribution < 1.29 is 9.90 Å². The number of hydrogen-bond donors (Lipinski definition) is 2. The highest BCUT2D eigenvalue weighted by Gasteiger charge is 2.03. The van der Waals surface area contributed by atoms with Crippen LogP contribution in [0.25, 0.3) is 0 Å². The summed E-state index contributed by atoms with van der Waals surface area (Å²) in [4.78, 5) is 12.8. The standard InChI is InChI=1S/C19H16N4O2S/c24-18-9-8-16(22-21-15-5-2-1-3-6-15)11-14(18)13-20-23-19(25)12-17-7-4-10-26-17/h1-11,13,24H,12H2,(H,23,25)/b20-13+,22-21?. The van der Waals surface area contributed by atoms with Gasteiger partial charge in [-0.25, -0.2) is 5.43 Å². The number of carbonyl (C=O) groups excluding carboxylic acids is 1. The molecule has 0 spiro atoms. The summed E-state index contributed by atoms with van der Waals surface area (Å²) in [5.74, 6) is -0.178. The molecule has 0 atom stereocenters. The lowest BCUT2D eigenvalue weighted by Crippen LogP contribution is -2.19. The molecule has 0 fully saturated rings. The van der Waals surface area contributed by atoms with Gasteiger partial charge in [0.15, 0.2) is 0 Å². The number of benzene rings is 2. The van der Waals surface area contributed by atoms with Gasteiger partial charge in [0.05, 0.1) is 24.0 Å². The maximum absolute atomic E-state index is 11.8. The van der Waals surface area contributed by atoms with Crippen LogP contribution in [0.15, 0.2) is 81.4 Å². The van der Waals surface area contributed by atoms with Crippen molar-refractivity contribution in [3.8, 4) is 5.75 Å². The molecule has 0 bridgehead atoms. The second-order valence-corrected chi connectivity index (χ2v) is 6.36. The molecular weight excluding hydrogens is 348 g/mol. The number of aromatic hydroxyl groups is 1. The minimum atomic E-state index is -0.219. The summed E-state index contributed by atoms with van der Waals surface area (Å²) >= 11 is 1.51. The summed E-state index contributed by atoms with van der Waals surface area (Å²) in [5.41, 5.74) is 4.18. The zero-order chi connectivity index (χ0) is 18.2. The van der Waals surface area contributed by atoms with E-state index in [4.69, 9.17) is 0 Å². The van der Waals surface area contributed by atoms with Crippen LogP contribution in [0.1, 0.15) is 10.4 Å². The average molecular weight is 364 g/mol. The van der Waals surface area contributed by atoms with E-state index >= 15 is 0 Å². The summed E-state index contributed by atoms with van der Waals surface area (Å²) in [5, 5.41) is 24.0. The molecule has 0 unspecified atom stereocenters. The van der Waals surface area contributed by atoms with E-state index in [-0.39, 0.29) is 18.1 Å². The van der Waals surface area contributed by atoms with Crippen LogP contribution < -0.4 is 5.43 Å². The lowest BCUT2D eigenvalue weighted by Gasteiger charge is -2.01. The Morgan fingerprint density at radius 1 is 1.04 bits per heavy atom. The molecule has 130 valence electrons. The van der Waals surface area contributed by atoms with Crippen molar-refractivity contribution in [3.05, 3.63) is 76.5 Å². The summed E-state index contributed by atoms with van der Waals surface area (Å²) in [7, 11) is 0. The Morgan fingerprint density at radius 3 is 2.62 bits per heavy atom. The quantitative estimate of drug-likeness (QED) is 0.381. The molecule has 1 amide bonds. The van der Waals surface area contributed by atoms with Gasteiger partial charge < -0.3 is 5.11 Å². The molecule has 0 aliphatic heterocycles. The van der Waals surface area contributed by atoms with Gasteiger partial charge >= 0.3 is 0 Å². The van der Waals surface area contributed by atoms with Crippen LogP contribution in [0.3, 0.4) is 0 Å². The Labute approximate surface area is 154 Å². The van der Waals surface area contributed by atoms with Crippen molar-refractivity contribution in [2.24, 2.45) is 15.3 Å². The fraction of sp³-hybridized carbons (Fsp3) is 0.0526. The number of hydrazone groups is 1. The molecule has 2 N–H and O–H groups in total. The van der Waals surface area contributed by atoms with Crippen molar-refractivity contribution in [3.63, 3.8) is 0 Å². The number of carbonyl (C=O) groups is 1. The topological polar surface area (TPSA) is 86.4 Å². The average Bonchev–Trinajstić information content (AvgIpc) is 3.16. The number of rotatable bonds is 6. The number of hydrogen-bond acceptors (Lipinski definition) is 6. The SMILES string of the molecule is O=C(Cc1cccs1)N/N=C/c1cc(N=Nc2ccccc2)ccc1O. The Hall–Kier alpha value is -3.32. The molecule has 0 saturated carbocycles. The van der Waals surface area contributed by atoms with Gasteiger partial charge in [0.25, 0.3) is 0 Å². The van der Waals surface area contributed by atoms with Crippen LogP contribution in [0.5, 0.6) is 5.75 Å². The Bertz CT molecular complexity index is 922. The summed E-state index contributed by atoms with van der Waals surface area (Å²) < 4.78 is 0. The van der Waals surface area contributed by atoms with Crippen molar-refractivity contribution in [2.75, 3.05) is 0 Å². The first kappa shape index (κ1) is 17.5. The molecule has 0 saturated heterocycles. The van der Waals surface area contributed by atoms with Gasteiger partial charge in [0.1, 0.15) is 5.75 Å². The third kappa shape index (κ3) is 5.09. The molecule has 0 radical (unpaired) electrons. The Balaban J connectivity index is 1.64. The second kappa shape index (κ2) is 8.68. The van der Waals surface area contributed by atoms with E-state index in [0.717, 1.165) is 10.6 Å². The predicted molar refractivity (Wildman–Crippen MR) is 102 cm³/mol. The highest BCUT2D eigenvalue weighted by Crippen LogP contribution is 2.23. The third-order valence-corrected chi connectivity index (χ3v) is 4.23. The molecule has 1 aromatic heterocycles. The Kier molecular flexibility index (Phi) is 5.84. The summed E-state index contributed by atoms with van der Waals surface area (Å²) in [6.45, 7) is 0. The number of nitrogens with zero attached hydrogens (tertiary/aromatic N) is 3. The molecule has 0 aliphatic rings. The first-order chi connectivity index (χ1) is 12.7. The van der Waals surface area contributed by atoms with Crippen molar-refractivity contribution in [1.29, 1.82) is 0 Å². The molecule has 0 aliphatic carbocycles. The summed E-state index contributed by atoms with van der Waals surface area (Å²) in [6, 6.07) is 17.9. The van der Waals surface area contributed by atoms with E-state index in [1.165, 1.54) is 23.6 Å². The molecular formula is C19H16N4O2S. The number of amides is 1. The fourth-order valence-electron chi connectivity index (χ4n) is 2.10. The lowest BCUT2D eigenvalue weighted by atomic mass is 10.2. The summed E-state index contributed by atoms with van der Waals surface area (Å²) in [6.07, 6.45) is 1.65. The number of nitrogens with one attached hydrogen (secondary N) is 1. The Morgan fingerprint density at radius 2 is 1.85 bits per heavy atom. The molecule has 6 nitrogen and oxygen atoms in total. The van der Waals surface area contributed by atoms with Crippen molar-refractivity contribution >= 4 is 34.8 Å². The van der Waals surface area contributed by atoms with E-state index in [2.05, 4.69) is 20.8 Å². The predicted octanol–water partition coefficient (Wildman–Crippen LogP) is 4.56. The van der Waals surface area contributed by atoms with Gasteiger partial charge in [0, 0.05) is 10.4 Å². The minimum absolute atomic E-state index is 0.0416. The zero-order valence-electron chi connectivity index (χ0n) is 13.7. The second-order valence-electron chi connectivity index (χ2n) is 5.33. The normalized spacial score (nSPS) is 11.2. The zero-order valence-corrected chi connectivity index (χ0v) is 14.6. The highest BCUT2D eigenvalue weighted by molar-refractivity contribution is 7.10. The highest BCUT2D eigenvalue weighted by atomic mass is 32.1.